The smallest absolute Gasteiger partial charge is 0.437 e. The molecule has 0 aliphatic carbocycles. The first-order chi connectivity index (χ1) is 10.7. The molecule has 148 valence electrons. The van der Waals surface area contributed by atoms with E-state index in [1.54, 1.807) is 32.7 Å². The average molecular weight is 411 g/mol. The molecule has 0 aliphatic rings. The molecule has 0 radical (unpaired) electrons. The van der Waals surface area contributed by atoms with Crippen molar-refractivity contribution in [2.75, 3.05) is 0 Å². The Morgan fingerprint density at radius 2 is 1.36 bits per heavy atom. The molecule has 0 heterocycles. The van der Waals surface area contributed by atoms with E-state index < -0.39 is 58.6 Å². The first-order valence-electron chi connectivity index (χ1n) is 7.47. The summed E-state index contributed by atoms with van der Waals surface area (Å²) in [5.74, 6) is -1.74. The molecule has 0 amide bonds. The molecule has 0 N–H and O–H groups in total. The summed E-state index contributed by atoms with van der Waals surface area (Å²) in [5, 5.41) is 0. The number of rotatable bonds is 7. The van der Waals surface area contributed by atoms with E-state index in [2.05, 4.69) is 11.3 Å². The van der Waals surface area contributed by atoms with Gasteiger partial charge < -0.3 is 8.85 Å². The SMILES string of the molecule is C=C(C)C(=O)OC(CC[Si](C)(C)O[Si](C)(C)C)(C(F)(F)F)C(F)(F)F. The highest BCUT2D eigenvalue weighted by molar-refractivity contribution is 6.84. The zero-order valence-corrected chi connectivity index (χ0v) is 17.1. The number of hydrogen-bond donors (Lipinski definition) is 0. The molecule has 0 aliphatic heterocycles. The summed E-state index contributed by atoms with van der Waals surface area (Å²) in [6, 6.07) is -0.472. The monoisotopic (exact) mass is 410 g/mol. The van der Waals surface area contributed by atoms with Crippen LogP contribution in [-0.4, -0.2) is 40.6 Å². The predicted molar refractivity (Wildman–Crippen MR) is 87.1 cm³/mol. The Labute approximate surface area is 145 Å². The lowest BCUT2D eigenvalue weighted by molar-refractivity contribution is -0.369. The van der Waals surface area contributed by atoms with Crippen molar-refractivity contribution in [2.24, 2.45) is 0 Å². The fourth-order valence-corrected chi connectivity index (χ4v) is 10.2. The molecule has 0 rings (SSSR count). The highest BCUT2D eigenvalue weighted by atomic mass is 28.4. The Hall–Kier alpha value is -0.816. The van der Waals surface area contributed by atoms with E-state index >= 15 is 0 Å². The Bertz CT molecular complexity index is 492. The standard InChI is InChI=1S/C14H24F6O3Si2/c1-10(2)11(21)22-12(13(15,16)17,14(18,19)20)8-9-25(6,7)23-24(3,4)5/h1,8-9H2,2-7H3. The molecule has 0 aromatic rings. The highest BCUT2D eigenvalue weighted by Crippen LogP contribution is 2.50. The normalized spacial score (nSPS) is 14.4. The molecule has 0 atom stereocenters. The molecule has 0 unspecified atom stereocenters. The van der Waals surface area contributed by atoms with Gasteiger partial charge in [-0.25, -0.2) is 4.79 Å². The van der Waals surface area contributed by atoms with Crippen LogP contribution in [0.1, 0.15) is 13.3 Å². The maximum absolute atomic E-state index is 13.4. The van der Waals surface area contributed by atoms with Crippen LogP contribution in [0.15, 0.2) is 12.2 Å². The lowest BCUT2D eigenvalue weighted by atomic mass is 9.98. The Morgan fingerprint density at radius 1 is 0.960 bits per heavy atom. The van der Waals surface area contributed by atoms with Crippen LogP contribution in [0.5, 0.6) is 0 Å². The van der Waals surface area contributed by atoms with E-state index in [-0.39, 0.29) is 0 Å². The van der Waals surface area contributed by atoms with E-state index in [1.165, 1.54) is 0 Å². The van der Waals surface area contributed by atoms with Crippen LogP contribution >= 0.6 is 0 Å². The van der Waals surface area contributed by atoms with Gasteiger partial charge in [-0.2, -0.15) is 26.3 Å². The molecule has 0 saturated heterocycles. The largest absolute Gasteiger partial charge is 0.456 e. The van der Waals surface area contributed by atoms with Gasteiger partial charge >= 0.3 is 23.9 Å². The zero-order chi connectivity index (χ0) is 20.5. The lowest BCUT2D eigenvalue weighted by Gasteiger charge is -2.39. The molecule has 0 aromatic heterocycles. The van der Waals surface area contributed by atoms with Crippen LogP contribution in [0, 0.1) is 0 Å². The number of ether oxygens (including phenoxy) is 1. The van der Waals surface area contributed by atoms with Crippen molar-refractivity contribution >= 4 is 22.6 Å². The predicted octanol–water partition coefficient (Wildman–Crippen LogP) is 5.42. The van der Waals surface area contributed by atoms with Gasteiger partial charge in [0.15, 0.2) is 16.6 Å². The van der Waals surface area contributed by atoms with Crippen LogP contribution in [0.4, 0.5) is 26.3 Å². The van der Waals surface area contributed by atoms with Crippen LogP contribution in [0.25, 0.3) is 0 Å². The summed E-state index contributed by atoms with van der Waals surface area (Å²) in [4.78, 5) is 11.5. The molecular formula is C14H24F6O3Si2. The van der Waals surface area contributed by atoms with Crippen molar-refractivity contribution in [3.05, 3.63) is 12.2 Å². The molecule has 25 heavy (non-hydrogen) atoms. The van der Waals surface area contributed by atoms with Crippen molar-refractivity contribution in [1.29, 1.82) is 0 Å². The Kier molecular flexibility index (Phi) is 7.19. The van der Waals surface area contributed by atoms with Crippen molar-refractivity contribution in [1.82, 2.24) is 0 Å². The van der Waals surface area contributed by atoms with Gasteiger partial charge in [-0.3, -0.25) is 0 Å². The second-order valence-electron chi connectivity index (χ2n) is 7.47. The van der Waals surface area contributed by atoms with Crippen molar-refractivity contribution < 1.29 is 40.0 Å². The second kappa shape index (κ2) is 7.43. The first-order valence-corrected chi connectivity index (χ1v) is 14.0. The maximum atomic E-state index is 13.4. The molecule has 0 saturated carbocycles. The Morgan fingerprint density at radius 3 is 1.64 bits per heavy atom. The van der Waals surface area contributed by atoms with Crippen molar-refractivity contribution in [3.63, 3.8) is 0 Å². The molecule has 0 fully saturated rings. The number of carbonyl (C=O) groups is 1. The zero-order valence-electron chi connectivity index (χ0n) is 15.1. The molecule has 0 bridgehead atoms. The summed E-state index contributed by atoms with van der Waals surface area (Å²) in [5.41, 5.74) is -5.13. The summed E-state index contributed by atoms with van der Waals surface area (Å²) >= 11 is 0. The third kappa shape index (κ3) is 6.78. The minimum atomic E-state index is -5.82. The van der Waals surface area contributed by atoms with E-state index in [9.17, 15) is 31.1 Å². The first kappa shape index (κ1) is 24.2. The summed E-state index contributed by atoms with van der Waals surface area (Å²) in [6.45, 7) is 12.5. The maximum Gasteiger partial charge on any atom is 0.437 e. The minimum Gasteiger partial charge on any atom is -0.456 e. The number of alkyl halides is 6. The van der Waals surface area contributed by atoms with Gasteiger partial charge in [0, 0.05) is 12.0 Å². The average Bonchev–Trinajstić information content (AvgIpc) is 2.27. The van der Waals surface area contributed by atoms with Crippen LogP contribution < -0.4 is 0 Å². The highest BCUT2D eigenvalue weighted by Gasteiger charge is 2.74. The molecule has 3 nitrogen and oxygen atoms in total. The molecular weight excluding hydrogens is 386 g/mol. The van der Waals surface area contributed by atoms with E-state index in [1.807, 2.05) is 0 Å². The topological polar surface area (TPSA) is 35.5 Å². The van der Waals surface area contributed by atoms with Gasteiger partial charge in [0.05, 0.1) is 0 Å². The van der Waals surface area contributed by atoms with Crippen LogP contribution in [0.3, 0.4) is 0 Å². The van der Waals surface area contributed by atoms with Gasteiger partial charge in [-0.15, -0.1) is 0 Å². The molecule has 11 heteroatoms. The number of carbonyl (C=O) groups excluding carboxylic acids is 1. The third-order valence-electron chi connectivity index (χ3n) is 3.19. The van der Waals surface area contributed by atoms with Crippen LogP contribution in [-0.2, 0) is 13.6 Å². The van der Waals surface area contributed by atoms with Gasteiger partial charge in [0.2, 0.25) is 0 Å². The fourth-order valence-electron chi connectivity index (χ4n) is 2.21. The summed E-state index contributed by atoms with van der Waals surface area (Å²) < 4.78 is 89.9. The van der Waals surface area contributed by atoms with E-state index in [0.29, 0.717) is 0 Å². The number of hydrogen-bond acceptors (Lipinski definition) is 3. The summed E-state index contributed by atoms with van der Waals surface area (Å²) in [6.07, 6.45) is -13.1. The van der Waals surface area contributed by atoms with Gasteiger partial charge in [0.25, 0.3) is 0 Å². The van der Waals surface area contributed by atoms with Crippen LogP contribution in [0.2, 0.25) is 38.8 Å². The van der Waals surface area contributed by atoms with Gasteiger partial charge in [-0.05, 0) is 45.7 Å². The second-order valence-corrected chi connectivity index (χ2v) is 16.5. The quantitative estimate of drug-likeness (QED) is 0.243. The molecule has 0 aromatic carbocycles. The third-order valence-corrected chi connectivity index (χ3v) is 9.31. The number of halogens is 6. The Balaban J connectivity index is 5.82. The van der Waals surface area contributed by atoms with E-state index in [4.69, 9.17) is 4.12 Å². The van der Waals surface area contributed by atoms with Gasteiger partial charge in [0.1, 0.15) is 0 Å². The van der Waals surface area contributed by atoms with Crippen molar-refractivity contribution in [2.45, 2.75) is 70.1 Å². The van der Waals surface area contributed by atoms with Crippen molar-refractivity contribution in [3.8, 4) is 0 Å². The minimum absolute atomic E-state index is 0.472. The van der Waals surface area contributed by atoms with Gasteiger partial charge in [-0.1, -0.05) is 6.58 Å². The fraction of sp³-hybridized carbons (Fsp3) is 0.786. The number of esters is 1. The molecule has 0 spiro atoms. The summed E-state index contributed by atoms with van der Waals surface area (Å²) in [7, 11) is -4.99. The van der Waals surface area contributed by atoms with E-state index in [0.717, 1.165) is 6.92 Å². The lowest BCUT2D eigenvalue weighted by Crippen LogP contribution is -2.60.